The molecule has 0 saturated carbocycles. The van der Waals surface area contributed by atoms with Crippen molar-refractivity contribution >= 4 is 23.2 Å². The number of nitrogens with zero attached hydrogens (tertiary/aromatic N) is 1. The number of imide groups is 1. The maximum absolute atomic E-state index is 11.6. The summed E-state index contributed by atoms with van der Waals surface area (Å²) in [6.45, 7) is 4.26. The third-order valence-electron chi connectivity index (χ3n) is 3.05. The number of carbonyl (C=O) groups is 2. The van der Waals surface area contributed by atoms with Crippen LogP contribution in [-0.2, 0) is 9.59 Å². The summed E-state index contributed by atoms with van der Waals surface area (Å²) in [6.07, 6.45) is 0. The molecule has 1 aliphatic heterocycles. The van der Waals surface area contributed by atoms with Crippen LogP contribution in [0.2, 0.25) is 0 Å². The molecule has 1 aromatic carbocycles. The summed E-state index contributed by atoms with van der Waals surface area (Å²) in [5.41, 5.74) is 7.08. The van der Waals surface area contributed by atoms with Crippen LogP contribution in [0.3, 0.4) is 0 Å². The summed E-state index contributed by atoms with van der Waals surface area (Å²) in [7, 11) is 0. The number of nitrogen functional groups attached to an aromatic ring is 1. The maximum Gasteiger partial charge on any atom is 0.249 e. The van der Waals surface area contributed by atoms with Gasteiger partial charge in [0.25, 0.3) is 0 Å². The molecule has 6 heteroatoms. The predicted molar refractivity (Wildman–Crippen MR) is 72.0 cm³/mol. The minimum Gasteiger partial charge on any atom is -0.492 e. The van der Waals surface area contributed by atoms with E-state index in [1.54, 1.807) is 30.0 Å². The third-order valence-corrected chi connectivity index (χ3v) is 3.05. The molecule has 1 fully saturated rings. The van der Waals surface area contributed by atoms with Crippen molar-refractivity contribution < 1.29 is 14.3 Å². The van der Waals surface area contributed by atoms with Crippen LogP contribution in [0.25, 0.3) is 0 Å². The molecule has 0 aromatic heterocycles. The molecule has 1 aromatic rings. The molecule has 0 aliphatic carbocycles. The fraction of sp³-hybridized carbons (Fsp3) is 0.385. The normalized spacial score (nSPS) is 19.3. The quantitative estimate of drug-likeness (QED) is 0.613. The van der Waals surface area contributed by atoms with Crippen molar-refractivity contribution in [1.29, 1.82) is 0 Å². The van der Waals surface area contributed by atoms with Crippen LogP contribution in [0.4, 0.5) is 11.4 Å². The van der Waals surface area contributed by atoms with Gasteiger partial charge in [-0.25, -0.2) is 0 Å². The van der Waals surface area contributed by atoms with Crippen molar-refractivity contribution in [1.82, 2.24) is 5.32 Å². The number of ether oxygens (including phenoxy) is 1. The lowest BCUT2D eigenvalue weighted by atomic mass is 10.1. The van der Waals surface area contributed by atoms with E-state index in [-0.39, 0.29) is 18.4 Å². The summed E-state index contributed by atoms with van der Waals surface area (Å²) in [5, 5.41) is 2.30. The van der Waals surface area contributed by atoms with Gasteiger partial charge in [0.15, 0.2) is 0 Å². The molecule has 1 unspecified atom stereocenters. The van der Waals surface area contributed by atoms with Gasteiger partial charge in [0.1, 0.15) is 11.8 Å². The number of hydrogen-bond acceptors (Lipinski definition) is 5. The average Bonchev–Trinajstić information content (AvgIpc) is 2.37. The Balaban J connectivity index is 2.32. The Labute approximate surface area is 111 Å². The Hall–Kier alpha value is -2.24. The van der Waals surface area contributed by atoms with Gasteiger partial charge in [-0.05, 0) is 26.0 Å². The van der Waals surface area contributed by atoms with E-state index in [9.17, 15) is 9.59 Å². The number of nitrogens with one attached hydrogen (secondary N) is 1. The standard InChI is InChI=1S/C13H17N3O3/c1-3-19-11-6-9(4-5-10(11)14)16-7-12(17)15-13(18)8(16)2/h4-6,8H,3,7,14H2,1-2H3,(H,15,17,18). The van der Waals surface area contributed by atoms with Gasteiger partial charge in [0, 0.05) is 11.8 Å². The van der Waals surface area contributed by atoms with Crippen molar-refractivity contribution in [3.8, 4) is 5.75 Å². The van der Waals surface area contributed by atoms with E-state index >= 15 is 0 Å². The first-order valence-electron chi connectivity index (χ1n) is 6.15. The van der Waals surface area contributed by atoms with Gasteiger partial charge in [-0.2, -0.15) is 0 Å². The highest BCUT2D eigenvalue weighted by molar-refractivity contribution is 6.04. The summed E-state index contributed by atoms with van der Waals surface area (Å²) in [4.78, 5) is 24.8. The van der Waals surface area contributed by atoms with Crippen molar-refractivity contribution in [2.75, 3.05) is 23.8 Å². The van der Waals surface area contributed by atoms with Crippen LogP contribution in [0.1, 0.15) is 13.8 Å². The summed E-state index contributed by atoms with van der Waals surface area (Å²) in [5.74, 6) is -0.0467. The number of piperazine rings is 1. The largest absolute Gasteiger partial charge is 0.492 e. The zero-order chi connectivity index (χ0) is 14.0. The van der Waals surface area contributed by atoms with Crippen LogP contribution >= 0.6 is 0 Å². The molecular weight excluding hydrogens is 246 g/mol. The van der Waals surface area contributed by atoms with Gasteiger partial charge < -0.3 is 15.4 Å². The molecule has 1 saturated heterocycles. The second kappa shape index (κ2) is 5.17. The molecule has 2 rings (SSSR count). The van der Waals surface area contributed by atoms with Crippen LogP contribution < -0.4 is 20.7 Å². The first kappa shape index (κ1) is 13.2. The summed E-state index contributed by atoms with van der Waals surface area (Å²) < 4.78 is 5.42. The SMILES string of the molecule is CCOc1cc(N2CC(=O)NC(=O)C2C)ccc1N. The maximum atomic E-state index is 11.6. The minimum atomic E-state index is -0.407. The molecule has 6 nitrogen and oxygen atoms in total. The third kappa shape index (κ3) is 2.62. The molecule has 3 N–H and O–H groups in total. The number of anilines is 2. The average molecular weight is 263 g/mol. The first-order chi connectivity index (χ1) is 9.02. The van der Waals surface area contributed by atoms with Gasteiger partial charge in [0.2, 0.25) is 11.8 Å². The van der Waals surface area contributed by atoms with Crippen LogP contribution in [0.15, 0.2) is 18.2 Å². The zero-order valence-corrected chi connectivity index (χ0v) is 11.0. The lowest BCUT2D eigenvalue weighted by Crippen LogP contribution is -2.57. The Kier molecular flexibility index (Phi) is 3.59. The molecule has 1 atom stereocenters. The highest BCUT2D eigenvalue weighted by atomic mass is 16.5. The van der Waals surface area contributed by atoms with Crippen molar-refractivity contribution in [2.45, 2.75) is 19.9 Å². The van der Waals surface area contributed by atoms with Gasteiger partial charge in [-0.15, -0.1) is 0 Å². The first-order valence-corrected chi connectivity index (χ1v) is 6.15. The van der Waals surface area contributed by atoms with Crippen LogP contribution in [0.5, 0.6) is 5.75 Å². The smallest absolute Gasteiger partial charge is 0.249 e. The van der Waals surface area contributed by atoms with E-state index in [0.29, 0.717) is 18.0 Å². The second-order valence-corrected chi connectivity index (χ2v) is 4.37. The number of amides is 2. The zero-order valence-electron chi connectivity index (χ0n) is 11.0. The van der Waals surface area contributed by atoms with E-state index in [4.69, 9.17) is 10.5 Å². The highest BCUT2D eigenvalue weighted by Gasteiger charge is 2.30. The summed E-state index contributed by atoms with van der Waals surface area (Å²) in [6, 6.07) is 4.83. The lowest BCUT2D eigenvalue weighted by Gasteiger charge is -2.33. The van der Waals surface area contributed by atoms with E-state index < -0.39 is 6.04 Å². The minimum absolute atomic E-state index is 0.141. The Bertz CT molecular complexity index is 516. The van der Waals surface area contributed by atoms with Crippen LogP contribution in [-0.4, -0.2) is 31.0 Å². The summed E-state index contributed by atoms with van der Waals surface area (Å²) >= 11 is 0. The van der Waals surface area contributed by atoms with Crippen molar-refractivity contribution in [2.24, 2.45) is 0 Å². The molecule has 19 heavy (non-hydrogen) atoms. The van der Waals surface area contributed by atoms with E-state index in [2.05, 4.69) is 5.32 Å². The van der Waals surface area contributed by atoms with Gasteiger partial charge >= 0.3 is 0 Å². The van der Waals surface area contributed by atoms with Crippen molar-refractivity contribution in [3.63, 3.8) is 0 Å². The molecule has 2 amide bonds. The fourth-order valence-corrected chi connectivity index (χ4v) is 2.01. The Morgan fingerprint density at radius 1 is 1.47 bits per heavy atom. The Morgan fingerprint density at radius 2 is 2.21 bits per heavy atom. The molecule has 0 spiro atoms. The molecule has 0 bridgehead atoms. The molecular formula is C13H17N3O3. The highest BCUT2D eigenvalue weighted by Crippen LogP contribution is 2.29. The molecule has 0 radical (unpaired) electrons. The van der Waals surface area contributed by atoms with Crippen molar-refractivity contribution in [3.05, 3.63) is 18.2 Å². The van der Waals surface area contributed by atoms with Gasteiger partial charge in [-0.3, -0.25) is 14.9 Å². The Morgan fingerprint density at radius 3 is 2.89 bits per heavy atom. The number of carbonyl (C=O) groups excluding carboxylic acids is 2. The number of rotatable bonds is 3. The molecule has 1 aliphatic rings. The molecule has 102 valence electrons. The lowest BCUT2D eigenvalue weighted by molar-refractivity contribution is -0.132. The number of nitrogens with two attached hydrogens (primary N) is 1. The molecule has 1 heterocycles. The fourth-order valence-electron chi connectivity index (χ4n) is 2.01. The topological polar surface area (TPSA) is 84.7 Å². The predicted octanol–water partition coefficient (Wildman–Crippen LogP) is 0.519. The number of hydrogen-bond donors (Lipinski definition) is 2. The van der Waals surface area contributed by atoms with Gasteiger partial charge in [-0.1, -0.05) is 0 Å². The second-order valence-electron chi connectivity index (χ2n) is 4.37. The van der Waals surface area contributed by atoms with Crippen LogP contribution in [0, 0.1) is 0 Å². The van der Waals surface area contributed by atoms with Gasteiger partial charge in [0.05, 0.1) is 18.8 Å². The van der Waals surface area contributed by atoms with E-state index in [1.165, 1.54) is 0 Å². The van der Waals surface area contributed by atoms with E-state index in [0.717, 1.165) is 5.69 Å². The number of benzene rings is 1. The van der Waals surface area contributed by atoms with E-state index in [1.807, 2.05) is 6.92 Å². The monoisotopic (exact) mass is 263 g/mol.